The van der Waals surface area contributed by atoms with Crippen LogP contribution in [0.25, 0.3) is 0 Å². The van der Waals surface area contributed by atoms with Crippen molar-refractivity contribution in [3.8, 4) is 0 Å². The van der Waals surface area contributed by atoms with Gasteiger partial charge in [0.2, 0.25) is 0 Å². The van der Waals surface area contributed by atoms with E-state index in [2.05, 4.69) is 0 Å². The van der Waals surface area contributed by atoms with Crippen LogP contribution >= 0.6 is 0 Å². The van der Waals surface area contributed by atoms with E-state index in [-0.39, 0.29) is 25.1 Å². The first-order chi connectivity index (χ1) is 13.5. The number of hydroxylamine groups is 2. The normalized spacial score (nSPS) is 14.1. The van der Waals surface area contributed by atoms with Crippen molar-refractivity contribution in [1.82, 2.24) is 5.06 Å². The highest BCUT2D eigenvalue weighted by molar-refractivity contribution is 6.20. The zero-order chi connectivity index (χ0) is 20.1. The highest BCUT2D eigenvalue weighted by Crippen LogP contribution is 2.24. The Kier molecular flexibility index (Phi) is 6.18. The van der Waals surface area contributed by atoms with Crippen molar-refractivity contribution in [2.24, 2.45) is 0 Å². The summed E-state index contributed by atoms with van der Waals surface area (Å²) >= 11 is 0. The van der Waals surface area contributed by atoms with Crippen molar-refractivity contribution < 1.29 is 28.7 Å². The van der Waals surface area contributed by atoms with E-state index >= 15 is 0 Å². The van der Waals surface area contributed by atoms with E-state index in [1.54, 1.807) is 31.4 Å². The number of methoxy groups -OCH3 is 1. The molecule has 1 heterocycles. The molecule has 7 nitrogen and oxygen atoms in total. The SMILES string of the molecule is COCC(COC(C)=O)c1cccc(CON2C(=O)c3ccccc3C2=O)c1. The minimum atomic E-state index is -0.469. The monoisotopic (exact) mass is 383 g/mol. The molecule has 0 saturated heterocycles. The number of rotatable bonds is 8. The summed E-state index contributed by atoms with van der Waals surface area (Å²) in [6.45, 7) is 1.99. The molecule has 1 atom stereocenters. The largest absolute Gasteiger partial charge is 0.465 e. The molecule has 7 heteroatoms. The molecule has 1 unspecified atom stereocenters. The van der Waals surface area contributed by atoms with Crippen molar-refractivity contribution in [3.05, 3.63) is 70.8 Å². The fraction of sp³-hybridized carbons (Fsp3) is 0.286. The molecule has 0 N–H and O–H groups in total. The zero-order valence-electron chi connectivity index (χ0n) is 15.7. The summed E-state index contributed by atoms with van der Waals surface area (Å²) in [4.78, 5) is 41.3. The second kappa shape index (κ2) is 8.77. The van der Waals surface area contributed by atoms with Gasteiger partial charge in [0.15, 0.2) is 0 Å². The molecular formula is C21H21NO6. The summed E-state index contributed by atoms with van der Waals surface area (Å²) < 4.78 is 10.3. The van der Waals surface area contributed by atoms with Crippen molar-refractivity contribution in [1.29, 1.82) is 0 Å². The van der Waals surface area contributed by atoms with Crippen LogP contribution in [0.2, 0.25) is 0 Å². The molecule has 1 aliphatic heterocycles. The minimum absolute atomic E-state index is 0.0482. The summed E-state index contributed by atoms with van der Waals surface area (Å²) in [6, 6.07) is 14.1. The smallest absolute Gasteiger partial charge is 0.302 e. The molecule has 2 amide bonds. The van der Waals surface area contributed by atoms with Crippen LogP contribution < -0.4 is 0 Å². The lowest BCUT2D eigenvalue weighted by atomic mass is 9.99. The Labute approximate surface area is 162 Å². The number of nitrogens with zero attached hydrogens (tertiary/aromatic N) is 1. The van der Waals surface area contributed by atoms with E-state index in [9.17, 15) is 14.4 Å². The van der Waals surface area contributed by atoms with Gasteiger partial charge in [0.1, 0.15) is 13.2 Å². The quantitative estimate of drug-likeness (QED) is 0.515. The fourth-order valence-corrected chi connectivity index (χ4v) is 3.02. The molecule has 2 aromatic carbocycles. The molecule has 1 aliphatic rings. The van der Waals surface area contributed by atoms with E-state index in [4.69, 9.17) is 14.3 Å². The third-order valence-corrected chi connectivity index (χ3v) is 4.40. The first kappa shape index (κ1) is 19.7. The van der Waals surface area contributed by atoms with Crippen LogP contribution in [0.5, 0.6) is 0 Å². The summed E-state index contributed by atoms with van der Waals surface area (Å²) in [5, 5.41) is 0.794. The second-order valence-corrected chi connectivity index (χ2v) is 6.42. The van der Waals surface area contributed by atoms with Gasteiger partial charge in [0.05, 0.1) is 17.7 Å². The Hall–Kier alpha value is -3.03. The maximum atomic E-state index is 12.4. The third kappa shape index (κ3) is 4.27. The van der Waals surface area contributed by atoms with Crippen LogP contribution in [0, 0.1) is 0 Å². The standard InChI is InChI=1S/C21H21NO6/c1-14(23)27-13-17(12-26-2)16-7-5-6-15(10-16)11-28-22-20(24)18-8-3-4-9-19(18)21(22)25/h3-10,17H,11-13H2,1-2H3. The zero-order valence-corrected chi connectivity index (χ0v) is 15.7. The number of hydrogen-bond acceptors (Lipinski definition) is 6. The molecule has 0 spiro atoms. The topological polar surface area (TPSA) is 82.1 Å². The lowest BCUT2D eigenvalue weighted by Crippen LogP contribution is -2.29. The summed E-state index contributed by atoms with van der Waals surface area (Å²) in [6.07, 6.45) is 0. The first-order valence-corrected chi connectivity index (χ1v) is 8.83. The molecule has 146 valence electrons. The van der Waals surface area contributed by atoms with Gasteiger partial charge in [-0.2, -0.15) is 0 Å². The van der Waals surface area contributed by atoms with Gasteiger partial charge in [-0.1, -0.05) is 36.4 Å². The number of hydrogen-bond donors (Lipinski definition) is 0. The Morgan fingerprint density at radius 3 is 2.29 bits per heavy atom. The number of imide groups is 1. The van der Waals surface area contributed by atoms with E-state index in [0.29, 0.717) is 17.7 Å². The van der Waals surface area contributed by atoms with E-state index in [0.717, 1.165) is 16.2 Å². The molecular weight excluding hydrogens is 362 g/mol. The number of ether oxygens (including phenoxy) is 2. The predicted molar refractivity (Wildman–Crippen MR) is 99.4 cm³/mol. The molecule has 2 aromatic rings. The Morgan fingerprint density at radius 2 is 1.68 bits per heavy atom. The van der Waals surface area contributed by atoms with E-state index < -0.39 is 11.8 Å². The number of amides is 2. The highest BCUT2D eigenvalue weighted by atomic mass is 16.7. The average molecular weight is 383 g/mol. The molecule has 0 bridgehead atoms. The van der Waals surface area contributed by atoms with Crippen molar-refractivity contribution in [2.45, 2.75) is 19.4 Å². The number of benzene rings is 2. The van der Waals surface area contributed by atoms with E-state index in [1.165, 1.54) is 6.92 Å². The van der Waals surface area contributed by atoms with Gasteiger partial charge in [-0.05, 0) is 23.3 Å². The Morgan fingerprint density at radius 1 is 1.00 bits per heavy atom. The van der Waals surface area contributed by atoms with Crippen LogP contribution in [0.15, 0.2) is 48.5 Å². The molecule has 0 fully saturated rings. The van der Waals surface area contributed by atoms with Gasteiger partial charge < -0.3 is 9.47 Å². The lowest BCUT2D eigenvalue weighted by Gasteiger charge is -2.18. The summed E-state index contributed by atoms with van der Waals surface area (Å²) in [5.41, 5.74) is 2.36. The third-order valence-electron chi connectivity index (χ3n) is 4.40. The van der Waals surface area contributed by atoms with Gasteiger partial charge in [0.25, 0.3) is 11.8 Å². The van der Waals surface area contributed by atoms with Crippen LogP contribution in [-0.4, -0.2) is 43.2 Å². The Balaban J connectivity index is 1.69. The maximum Gasteiger partial charge on any atom is 0.302 e. The second-order valence-electron chi connectivity index (χ2n) is 6.42. The highest BCUT2D eigenvalue weighted by Gasteiger charge is 2.36. The van der Waals surface area contributed by atoms with Crippen LogP contribution in [0.3, 0.4) is 0 Å². The Bertz CT molecular complexity index is 859. The number of carbonyl (C=O) groups excluding carboxylic acids is 3. The molecule has 3 rings (SSSR count). The molecule has 0 aromatic heterocycles. The van der Waals surface area contributed by atoms with Crippen molar-refractivity contribution in [2.75, 3.05) is 20.3 Å². The predicted octanol–water partition coefficient (Wildman–Crippen LogP) is 2.71. The summed E-state index contributed by atoms with van der Waals surface area (Å²) in [5.74, 6) is -1.42. The molecule has 0 saturated carbocycles. The number of fused-ring (bicyclic) bond motifs is 1. The van der Waals surface area contributed by atoms with Gasteiger partial charge in [-0.25, -0.2) is 0 Å². The van der Waals surface area contributed by atoms with Gasteiger partial charge in [-0.15, -0.1) is 5.06 Å². The van der Waals surface area contributed by atoms with E-state index in [1.807, 2.05) is 24.3 Å². The average Bonchev–Trinajstić information content (AvgIpc) is 2.94. The molecule has 0 aliphatic carbocycles. The summed E-state index contributed by atoms with van der Waals surface area (Å²) in [7, 11) is 1.58. The van der Waals surface area contributed by atoms with Crippen molar-refractivity contribution in [3.63, 3.8) is 0 Å². The minimum Gasteiger partial charge on any atom is -0.465 e. The number of esters is 1. The van der Waals surface area contributed by atoms with Gasteiger partial charge in [-0.3, -0.25) is 19.2 Å². The first-order valence-electron chi connectivity index (χ1n) is 8.83. The number of carbonyl (C=O) groups is 3. The lowest BCUT2D eigenvalue weighted by molar-refractivity contribution is -0.141. The molecule has 28 heavy (non-hydrogen) atoms. The van der Waals surface area contributed by atoms with Crippen molar-refractivity contribution >= 4 is 17.8 Å². The maximum absolute atomic E-state index is 12.4. The van der Waals surface area contributed by atoms with Gasteiger partial charge >= 0.3 is 5.97 Å². The van der Waals surface area contributed by atoms with Crippen LogP contribution in [0.1, 0.15) is 44.7 Å². The van der Waals surface area contributed by atoms with Crippen LogP contribution in [0.4, 0.5) is 0 Å². The van der Waals surface area contributed by atoms with Crippen LogP contribution in [-0.2, 0) is 25.7 Å². The molecule has 0 radical (unpaired) electrons. The fourth-order valence-electron chi connectivity index (χ4n) is 3.02. The van der Waals surface area contributed by atoms with Gasteiger partial charge in [0, 0.05) is 20.0 Å².